The van der Waals surface area contributed by atoms with Crippen molar-refractivity contribution in [3.05, 3.63) is 0 Å². The molecule has 146 valence electrons. The van der Waals surface area contributed by atoms with Gasteiger partial charge in [-0.3, -0.25) is 4.99 Å². The van der Waals surface area contributed by atoms with Gasteiger partial charge in [0.1, 0.15) is 0 Å². The summed E-state index contributed by atoms with van der Waals surface area (Å²) in [7, 11) is 6.19. The van der Waals surface area contributed by atoms with Crippen LogP contribution in [0.1, 0.15) is 44.9 Å². The van der Waals surface area contributed by atoms with Gasteiger partial charge in [-0.1, -0.05) is 19.3 Å². The fraction of sp³-hybridized carbons (Fsp3) is 0.947. The third-order valence-electron chi connectivity index (χ3n) is 6.02. The van der Waals surface area contributed by atoms with E-state index in [0.717, 1.165) is 51.0 Å². The standard InChI is InChI=1S/C19H38N4O2/c1-20-18(22-14-19(9-11-24)10-12-25-15-19)21-13-17(23(2)3)16-7-5-4-6-8-16/h16-17,24H,4-15H2,1-3H3,(H2,20,21,22). The van der Waals surface area contributed by atoms with Crippen LogP contribution in [0, 0.1) is 11.3 Å². The lowest BCUT2D eigenvalue weighted by Gasteiger charge is -2.35. The Morgan fingerprint density at radius 3 is 2.60 bits per heavy atom. The fourth-order valence-corrected chi connectivity index (χ4v) is 4.29. The van der Waals surface area contributed by atoms with E-state index in [1.54, 1.807) is 0 Å². The molecule has 1 saturated heterocycles. The van der Waals surface area contributed by atoms with Gasteiger partial charge in [0.2, 0.25) is 0 Å². The molecule has 1 aliphatic heterocycles. The fourth-order valence-electron chi connectivity index (χ4n) is 4.29. The zero-order chi connectivity index (χ0) is 18.1. The highest BCUT2D eigenvalue weighted by Crippen LogP contribution is 2.31. The minimum atomic E-state index is 0.0384. The molecule has 0 aromatic carbocycles. The summed E-state index contributed by atoms with van der Waals surface area (Å²) in [5, 5.41) is 16.3. The van der Waals surface area contributed by atoms with Crippen molar-refractivity contribution in [1.29, 1.82) is 0 Å². The number of nitrogens with zero attached hydrogens (tertiary/aromatic N) is 2. The van der Waals surface area contributed by atoms with Crippen molar-refractivity contribution in [3.63, 3.8) is 0 Å². The van der Waals surface area contributed by atoms with Gasteiger partial charge in [-0.05, 0) is 45.7 Å². The van der Waals surface area contributed by atoms with Crippen LogP contribution in [0.3, 0.4) is 0 Å². The van der Waals surface area contributed by atoms with E-state index in [9.17, 15) is 5.11 Å². The number of ether oxygens (including phenoxy) is 1. The minimum absolute atomic E-state index is 0.0384. The SMILES string of the molecule is CN=C(NCC(C1CCCCC1)N(C)C)NCC1(CCO)CCOC1. The van der Waals surface area contributed by atoms with Gasteiger partial charge in [-0.25, -0.2) is 0 Å². The van der Waals surface area contributed by atoms with Crippen LogP contribution in [0.2, 0.25) is 0 Å². The van der Waals surface area contributed by atoms with Crippen LogP contribution in [0.4, 0.5) is 0 Å². The summed E-state index contributed by atoms with van der Waals surface area (Å²) in [6.07, 6.45) is 8.58. The average Bonchev–Trinajstić information content (AvgIpc) is 3.07. The second-order valence-electron chi connectivity index (χ2n) is 8.01. The Morgan fingerprint density at radius 1 is 1.28 bits per heavy atom. The highest BCUT2D eigenvalue weighted by Gasteiger charge is 2.34. The van der Waals surface area contributed by atoms with Crippen molar-refractivity contribution in [3.8, 4) is 0 Å². The molecule has 1 saturated carbocycles. The van der Waals surface area contributed by atoms with E-state index in [4.69, 9.17) is 4.74 Å². The van der Waals surface area contributed by atoms with Gasteiger partial charge in [-0.2, -0.15) is 0 Å². The Morgan fingerprint density at radius 2 is 2.04 bits per heavy atom. The molecule has 3 N–H and O–H groups in total. The maximum absolute atomic E-state index is 9.36. The zero-order valence-corrected chi connectivity index (χ0v) is 16.4. The van der Waals surface area contributed by atoms with Crippen LogP contribution < -0.4 is 10.6 Å². The molecule has 0 aromatic heterocycles. The summed E-state index contributed by atoms with van der Waals surface area (Å²) in [6, 6.07) is 0.542. The van der Waals surface area contributed by atoms with Gasteiger partial charge < -0.3 is 25.4 Å². The topological polar surface area (TPSA) is 69.1 Å². The number of rotatable bonds is 8. The summed E-state index contributed by atoms with van der Waals surface area (Å²) < 4.78 is 5.57. The summed E-state index contributed by atoms with van der Waals surface area (Å²) in [5.41, 5.74) is 0.0384. The first-order valence-corrected chi connectivity index (χ1v) is 9.90. The molecule has 1 heterocycles. The Labute approximate surface area is 153 Å². The van der Waals surface area contributed by atoms with Gasteiger partial charge in [0.25, 0.3) is 0 Å². The molecule has 2 rings (SSSR count). The van der Waals surface area contributed by atoms with E-state index >= 15 is 0 Å². The van der Waals surface area contributed by atoms with E-state index in [-0.39, 0.29) is 12.0 Å². The van der Waals surface area contributed by atoms with Crippen LogP contribution in [-0.4, -0.2) is 76.1 Å². The normalized spacial score (nSPS) is 26.8. The highest BCUT2D eigenvalue weighted by atomic mass is 16.5. The summed E-state index contributed by atoms with van der Waals surface area (Å²) in [4.78, 5) is 6.74. The quantitative estimate of drug-likeness (QED) is 0.455. The minimum Gasteiger partial charge on any atom is -0.396 e. The Hall–Kier alpha value is -0.850. The van der Waals surface area contributed by atoms with Crippen molar-refractivity contribution in [2.75, 3.05) is 54.1 Å². The molecular formula is C19H38N4O2. The van der Waals surface area contributed by atoms with Crippen molar-refractivity contribution >= 4 is 5.96 Å². The molecule has 0 spiro atoms. The van der Waals surface area contributed by atoms with Crippen molar-refractivity contribution < 1.29 is 9.84 Å². The van der Waals surface area contributed by atoms with Crippen LogP contribution in [0.25, 0.3) is 0 Å². The lowest BCUT2D eigenvalue weighted by Crippen LogP contribution is -2.50. The monoisotopic (exact) mass is 354 g/mol. The number of aliphatic hydroxyl groups excluding tert-OH is 1. The van der Waals surface area contributed by atoms with Crippen LogP contribution in [-0.2, 0) is 4.74 Å². The van der Waals surface area contributed by atoms with E-state index in [0.29, 0.717) is 6.04 Å². The van der Waals surface area contributed by atoms with Crippen molar-refractivity contribution in [2.24, 2.45) is 16.3 Å². The number of guanidine groups is 1. The number of aliphatic hydroxyl groups is 1. The summed E-state index contributed by atoms with van der Waals surface area (Å²) in [6.45, 7) is 3.43. The molecular weight excluding hydrogens is 316 g/mol. The number of aliphatic imine (C=N–C) groups is 1. The second kappa shape index (κ2) is 10.3. The largest absolute Gasteiger partial charge is 0.396 e. The highest BCUT2D eigenvalue weighted by molar-refractivity contribution is 5.79. The molecule has 2 unspecified atom stereocenters. The molecule has 1 aliphatic carbocycles. The van der Waals surface area contributed by atoms with Crippen LogP contribution >= 0.6 is 0 Å². The molecule has 0 bridgehead atoms. The molecule has 0 radical (unpaired) electrons. The second-order valence-corrected chi connectivity index (χ2v) is 8.01. The molecule has 6 nitrogen and oxygen atoms in total. The molecule has 0 aromatic rings. The van der Waals surface area contributed by atoms with Crippen LogP contribution in [0.5, 0.6) is 0 Å². The van der Waals surface area contributed by atoms with Crippen molar-refractivity contribution in [2.45, 2.75) is 51.0 Å². The molecule has 2 atom stereocenters. The molecule has 2 fully saturated rings. The smallest absolute Gasteiger partial charge is 0.191 e. The Bertz CT molecular complexity index is 402. The van der Waals surface area contributed by atoms with E-state index in [1.165, 1.54) is 32.1 Å². The molecule has 2 aliphatic rings. The third-order valence-corrected chi connectivity index (χ3v) is 6.02. The van der Waals surface area contributed by atoms with Crippen LogP contribution in [0.15, 0.2) is 4.99 Å². The van der Waals surface area contributed by atoms with E-state index in [1.807, 2.05) is 7.05 Å². The van der Waals surface area contributed by atoms with Gasteiger partial charge in [-0.15, -0.1) is 0 Å². The predicted octanol–water partition coefficient (Wildman–Crippen LogP) is 1.45. The zero-order valence-electron chi connectivity index (χ0n) is 16.4. The lowest BCUT2D eigenvalue weighted by molar-refractivity contribution is 0.127. The lowest BCUT2D eigenvalue weighted by atomic mass is 9.83. The van der Waals surface area contributed by atoms with E-state index < -0.39 is 0 Å². The number of hydrogen-bond acceptors (Lipinski definition) is 4. The maximum atomic E-state index is 9.36. The van der Waals surface area contributed by atoms with Gasteiger partial charge >= 0.3 is 0 Å². The molecule has 25 heavy (non-hydrogen) atoms. The number of nitrogens with one attached hydrogen (secondary N) is 2. The number of hydrogen-bond donors (Lipinski definition) is 3. The summed E-state index contributed by atoms with van der Waals surface area (Å²) >= 11 is 0. The van der Waals surface area contributed by atoms with Crippen molar-refractivity contribution in [1.82, 2.24) is 15.5 Å². The van der Waals surface area contributed by atoms with Gasteiger partial charge in [0.05, 0.1) is 6.61 Å². The average molecular weight is 355 g/mol. The first-order chi connectivity index (χ1) is 12.1. The maximum Gasteiger partial charge on any atom is 0.191 e. The number of likely N-dealkylation sites (N-methyl/N-ethyl adjacent to an activating group) is 1. The van der Waals surface area contributed by atoms with Gasteiger partial charge in [0, 0.05) is 44.8 Å². The Balaban J connectivity index is 1.83. The molecule has 6 heteroatoms. The first-order valence-electron chi connectivity index (χ1n) is 9.90. The van der Waals surface area contributed by atoms with E-state index in [2.05, 4.69) is 34.6 Å². The Kier molecular flexibility index (Phi) is 8.46. The molecule has 0 amide bonds. The predicted molar refractivity (Wildman–Crippen MR) is 103 cm³/mol. The van der Waals surface area contributed by atoms with Gasteiger partial charge in [0.15, 0.2) is 5.96 Å². The third kappa shape index (κ3) is 6.12. The first kappa shape index (κ1) is 20.5. The summed E-state index contributed by atoms with van der Waals surface area (Å²) in [5.74, 6) is 1.63.